The molecule has 2 aromatic rings. The molecule has 2 N–H and O–H groups in total. The highest BCUT2D eigenvalue weighted by molar-refractivity contribution is 5.93. The summed E-state index contributed by atoms with van der Waals surface area (Å²) < 4.78 is 38.7. The van der Waals surface area contributed by atoms with Gasteiger partial charge in [0.15, 0.2) is 0 Å². The van der Waals surface area contributed by atoms with Gasteiger partial charge in [-0.25, -0.2) is 0 Å². The minimum absolute atomic E-state index is 0.118. The minimum atomic E-state index is -4.35. The van der Waals surface area contributed by atoms with E-state index in [4.69, 9.17) is 0 Å². The lowest BCUT2D eigenvalue weighted by atomic mass is 10.1. The first-order chi connectivity index (χ1) is 10.9. The van der Waals surface area contributed by atoms with Gasteiger partial charge in [-0.2, -0.15) is 13.2 Å². The number of halogens is 3. The Bertz CT molecular complexity index is 666. The Morgan fingerprint density at radius 2 is 1.65 bits per heavy atom. The Hall–Kier alpha value is -2.34. The van der Waals surface area contributed by atoms with Gasteiger partial charge in [-0.3, -0.25) is 4.79 Å². The Morgan fingerprint density at radius 3 is 2.26 bits per heavy atom. The van der Waals surface area contributed by atoms with Gasteiger partial charge in [0.05, 0.1) is 5.56 Å². The summed E-state index contributed by atoms with van der Waals surface area (Å²) in [5.74, 6) is -0.177. The zero-order valence-corrected chi connectivity index (χ0v) is 12.6. The largest absolute Gasteiger partial charge is 0.416 e. The van der Waals surface area contributed by atoms with Gasteiger partial charge in [-0.1, -0.05) is 30.3 Å². The minimum Gasteiger partial charge on any atom is -0.355 e. The van der Waals surface area contributed by atoms with Crippen LogP contribution in [-0.2, 0) is 19.3 Å². The van der Waals surface area contributed by atoms with E-state index in [-0.39, 0.29) is 18.0 Å². The predicted octanol–water partition coefficient (Wildman–Crippen LogP) is 3.35. The molecule has 2 aromatic carbocycles. The number of carbonyl (C=O) groups excluding carboxylic acids is 1. The molecule has 0 spiro atoms. The molecular formula is C17H17F3N2O. The number of alkyl halides is 3. The standard InChI is InChI=1S/C17H17F3N2O/c1-21-16(23)13-8-6-12(7-9-13)10-22-11-14-4-2-3-5-15(14)17(18,19)20/h2-9,22H,10-11H2,1H3,(H,21,23). The first-order valence-electron chi connectivity index (χ1n) is 7.08. The number of nitrogens with one attached hydrogen (secondary N) is 2. The molecule has 0 bridgehead atoms. The fourth-order valence-corrected chi connectivity index (χ4v) is 2.21. The highest BCUT2D eigenvalue weighted by Crippen LogP contribution is 2.31. The summed E-state index contributed by atoms with van der Waals surface area (Å²) in [5, 5.41) is 5.52. The van der Waals surface area contributed by atoms with Crippen molar-refractivity contribution in [2.45, 2.75) is 19.3 Å². The SMILES string of the molecule is CNC(=O)c1ccc(CNCc2ccccc2C(F)(F)F)cc1. The molecular weight excluding hydrogens is 305 g/mol. The summed E-state index contributed by atoms with van der Waals surface area (Å²) in [4.78, 5) is 11.4. The second-order valence-electron chi connectivity index (χ2n) is 5.03. The van der Waals surface area contributed by atoms with Crippen LogP contribution in [0.15, 0.2) is 48.5 Å². The highest BCUT2D eigenvalue weighted by atomic mass is 19.4. The van der Waals surface area contributed by atoms with Crippen LogP contribution in [0.3, 0.4) is 0 Å². The Morgan fingerprint density at radius 1 is 1.00 bits per heavy atom. The van der Waals surface area contributed by atoms with Crippen molar-refractivity contribution < 1.29 is 18.0 Å². The molecule has 0 unspecified atom stereocenters. The van der Waals surface area contributed by atoms with Crippen LogP contribution in [0.25, 0.3) is 0 Å². The van der Waals surface area contributed by atoms with E-state index in [0.717, 1.165) is 11.6 Å². The molecule has 0 aliphatic rings. The van der Waals surface area contributed by atoms with Gasteiger partial charge in [0, 0.05) is 25.7 Å². The quantitative estimate of drug-likeness (QED) is 0.886. The van der Waals surface area contributed by atoms with E-state index < -0.39 is 11.7 Å². The maximum Gasteiger partial charge on any atom is 0.416 e. The Balaban J connectivity index is 1.97. The van der Waals surface area contributed by atoms with Gasteiger partial charge in [-0.05, 0) is 29.3 Å². The van der Waals surface area contributed by atoms with E-state index in [1.54, 1.807) is 37.4 Å². The summed E-state index contributed by atoms with van der Waals surface area (Å²) in [6.07, 6.45) is -4.35. The summed E-state index contributed by atoms with van der Waals surface area (Å²) in [6, 6.07) is 12.4. The third kappa shape index (κ3) is 4.56. The van der Waals surface area contributed by atoms with Crippen LogP contribution >= 0.6 is 0 Å². The number of benzene rings is 2. The van der Waals surface area contributed by atoms with Crippen LogP contribution in [0.1, 0.15) is 27.0 Å². The van der Waals surface area contributed by atoms with Gasteiger partial charge >= 0.3 is 6.18 Å². The van der Waals surface area contributed by atoms with Gasteiger partial charge in [-0.15, -0.1) is 0 Å². The molecule has 1 amide bonds. The molecule has 0 heterocycles. The molecule has 0 atom stereocenters. The molecule has 0 radical (unpaired) electrons. The molecule has 0 fully saturated rings. The molecule has 0 saturated carbocycles. The lowest BCUT2D eigenvalue weighted by Gasteiger charge is -2.13. The molecule has 23 heavy (non-hydrogen) atoms. The fourth-order valence-electron chi connectivity index (χ4n) is 2.21. The first kappa shape index (κ1) is 17.0. The van der Waals surface area contributed by atoms with E-state index in [0.29, 0.717) is 12.1 Å². The summed E-state index contributed by atoms with van der Waals surface area (Å²) in [5.41, 5.74) is 1.02. The van der Waals surface area contributed by atoms with Gasteiger partial charge < -0.3 is 10.6 Å². The van der Waals surface area contributed by atoms with Crippen LogP contribution in [0, 0.1) is 0 Å². The second-order valence-corrected chi connectivity index (χ2v) is 5.03. The average Bonchev–Trinajstić information content (AvgIpc) is 2.54. The van der Waals surface area contributed by atoms with Crippen molar-refractivity contribution in [3.8, 4) is 0 Å². The fraction of sp³-hybridized carbons (Fsp3) is 0.235. The second kappa shape index (κ2) is 7.28. The molecule has 0 aromatic heterocycles. The zero-order valence-electron chi connectivity index (χ0n) is 12.6. The number of hydrogen-bond donors (Lipinski definition) is 2. The van der Waals surface area contributed by atoms with Crippen LogP contribution in [0.5, 0.6) is 0 Å². The maximum atomic E-state index is 12.9. The van der Waals surface area contributed by atoms with Crippen molar-refractivity contribution in [3.63, 3.8) is 0 Å². The highest BCUT2D eigenvalue weighted by Gasteiger charge is 2.32. The topological polar surface area (TPSA) is 41.1 Å². The molecule has 0 aliphatic carbocycles. The number of amides is 1. The lowest BCUT2D eigenvalue weighted by molar-refractivity contribution is -0.138. The first-order valence-corrected chi connectivity index (χ1v) is 7.08. The van der Waals surface area contributed by atoms with Crippen LogP contribution in [0.2, 0.25) is 0 Å². The number of rotatable bonds is 5. The van der Waals surface area contributed by atoms with Crippen molar-refractivity contribution in [1.29, 1.82) is 0 Å². The van der Waals surface area contributed by atoms with E-state index in [9.17, 15) is 18.0 Å². The van der Waals surface area contributed by atoms with Gasteiger partial charge in [0.2, 0.25) is 0 Å². The van der Waals surface area contributed by atoms with Crippen molar-refractivity contribution in [1.82, 2.24) is 10.6 Å². The van der Waals surface area contributed by atoms with Gasteiger partial charge in [0.25, 0.3) is 5.91 Å². The molecule has 0 saturated heterocycles. The smallest absolute Gasteiger partial charge is 0.355 e. The normalized spacial score (nSPS) is 11.3. The van der Waals surface area contributed by atoms with Crippen LogP contribution < -0.4 is 10.6 Å². The third-order valence-corrected chi connectivity index (χ3v) is 3.41. The Labute approximate surface area is 132 Å². The van der Waals surface area contributed by atoms with E-state index in [1.807, 2.05) is 0 Å². The van der Waals surface area contributed by atoms with Crippen molar-refractivity contribution in [3.05, 3.63) is 70.8 Å². The third-order valence-electron chi connectivity index (χ3n) is 3.41. The summed E-state index contributed by atoms with van der Waals surface area (Å²) >= 11 is 0. The Kier molecular flexibility index (Phi) is 5.39. The molecule has 122 valence electrons. The van der Waals surface area contributed by atoms with E-state index in [2.05, 4.69) is 10.6 Å². The average molecular weight is 322 g/mol. The summed E-state index contributed by atoms with van der Waals surface area (Å²) in [7, 11) is 1.55. The number of carbonyl (C=O) groups is 1. The predicted molar refractivity (Wildman–Crippen MR) is 81.8 cm³/mol. The molecule has 0 aliphatic heterocycles. The van der Waals surface area contributed by atoms with E-state index in [1.165, 1.54) is 12.1 Å². The lowest BCUT2D eigenvalue weighted by Crippen LogP contribution is -2.18. The van der Waals surface area contributed by atoms with Crippen LogP contribution in [0.4, 0.5) is 13.2 Å². The monoisotopic (exact) mass is 322 g/mol. The zero-order chi connectivity index (χ0) is 16.9. The van der Waals surface area contributed by atoms with E-state index >= 15 is 0 Å². The van der Waals surface area contributed by atoms with Crippen molar-refractivity contribution in [2.24, 2.45) is 0 Å². The number of hydrogen-bond acceptors (Lipinski definition) is 2. The molecule has 6 heteroatoms. The van der Waals surface area contributed by atoms with Crippen LogP contribution in [-0.4, -0.2) is 13.0 Å². The van der Waals surface area contributed by atoms with Crippen molar-refractivity contribution in [2.75, 3.05) is 7.05 Å². The molecule has 3 nitrogen and oxygen atoms in total. The summed E-state index contributed by atoms with van der Waals surface area (Å²) in [6.45, 7) is 0.535. The molecule has 2 rings (SSSR count). The van der Waals surface area contributed by atoms with Gasteiger partial charge in [0.1, 0.15) is 0 Å². The van der Waals surface area contributed by atoms with Crippen molar-refractivity contribution >= 4 is 5.91 Å². The maximum absolute atomic E-state index is 12.9.